The number of esters is 1. The van der Waals surface area contributed by atoms with E-state index in [1.165, 1.54) is 4.31 Å². The van der Waals surface area contributed by atoms with Gasteiger partial charge < -0.3 is 9.72 Å². The Hall–Kier alpha value is -2.78. The minimum Gasteiger partial charge on any atom is -0.464 e. The molecule has 8 nitrogen and oxygen atoms in total. The third-order valence-corrected chi connectivity index (χ3v) is 7.92. The number of ether oxygens (including phenoxy) is 1. The normalized spacial score (nSPS) is 13.0. The van der Waals surface area contributed by atoms with Crippen LogP contribution < -0.4 is 0 Å². The van der Waals surface area contributed by atoms with Gasteiger partial charge in [0.05, 0.1) is 22.1 Å². The lowest BCUT2D eigenvalue weighted by Gasteiger charge is -2.28. The van der Waals surface area contributed by atoms with Gasteiger partial charge in [0.1, 0.15) is 17.9 Å². The number of benzene rings is 1. The van der Waals surface area contributed by atoms with Crippen molar-refractivity contribution in [3.63, 3.8) is 0 Å². The minimum absolute atomic E-state index is 0.0489. The molecule has 0 aliphatic rings. The molecule has 1 N–H and O–H groups in total. The van der Waals surface area contributed by atoms with Crippen molar-refractivity contribution in [2.24, 2.45) is 5.92 Å². The molecule has 3 aromatic rings. The number of nitrogens with zero attached hydrogens (tertiary/aromatic N) is 3. The van der Waals surface area contributed by atoms with Crippen LogP contribution in [0, 0.1) is 12.8 Å². The van der Waals surface area contributed by atoms with E-state index in [1.54, 1.807) is 25.4 Å². The fourth-order valence-electron chi connectivity index (χ4n) is 4.03. The standard InChI is InChI=1S/C26H36N4O4S/c1-6-7-8-25(31)34-17-21(15-18(2)3)30(5)35(32,33)22-11-9-20(10-12-22)16-24-26-23(13-14-27-24)28-19(4)29-26/h9-14,18,21H,6-8,15-17H2,1-5H3,(H,28,29)/t21-/m0/s1. The number of rotatable bonds is 12. The SMILES string of the molecule is CCCCC(=O)OC[C@H](CC(C)C)N(C)S(=O)(=O)c1ccc(Cc2nccc3[nH]c(C)nc23)cc1. The summed E-state index contributed by atoms with van der Waals surface area (Å²) in [5, 5.41) is 0. The van der Waals surface area contributed by atoms with Crippen molar-refractivity contribution >= 4 is 27.0 Å². The number of carbonyl (C=O) groups excluding carboxylic acids is 1. The Morgan fingerprint density at radius 2 is 1.89 bits per heavy atom. The molecule has 35 heavy (non-hydrogen) atoms. The van der Waals surface area contributed by atoms with Crippen molar-refractivity contribution in [3.05, 3.63) is 53.6 Å². The van der Waals surface area contributed by atoms with Gasteiger partial charge in [-0.3, -0.25) is 9.78 Å². The van der Waals surface area contributed by atoms with Crippen molar-refractivity contribution < 1.29 is 17.9 Å². The van der Waals surface area contributed by atoms with Crippen LogP contribution in [0.15, 0.2) is 41.4 Å². The van der Waals surface area contributed by atoms with Gasteiger partial charge in [-0.25, -0.2) is 13.4 Å². The quantitative estimate of drug-likeness (QED) is 0.364. The van der Waals surface area contributed by atoms with Gasteiger partial charge in [0.15, 0.2) is 0 Å². The number of aromatic nitrogens is 3. The molecule has 0 saturated carbocycles. The largest absolute Gasteiger partial charge is 0.464 e. The monoisotopic (exact) mass is 500 g/mol. The molecule has 0 saturated heterocycles. The van der Waals surface area contributed by atoms with Crippen LogP contribution in [0.2, 0.25) is 0 Å². The number of nitrogens with one attached hydrogen (secondary N) is 1. The zero-order valence-electron chi connectivity index (χ0n) is 21.2. The molecule has 0 bridgehead atoms. The van der Waals surface area contributed by atoms with Gasteiger partial charge in [0.25, 0.3) is 0 Å². The number of hydrogen-bond acceptors (Lipinski definition) is 6. The first-order valence-electron chi connectivity index (χ1n) is 12.1. The third kappa shape index (κ3) is 6.89. The highest BCUT2D eigenvalue weighted by Gasteiger charge is 2.29. The highest BCUT2D eigenvalue weighted by molar-refractivity contribution is 7.89. The van der Waals surface area contributed by atoms with Crippen LogP contribution in [-0.4, -0.2) is 53.3 Å². The number of aryl methyl sites for hydroxylation is 1. The fourth-order valence-corrected chi connectivity index (χ4v) is 5.38. The second-order valence-electron chi connectivity index (χ2n) is 9.39. The van der Waals surface area contributed by atoms with Crippen LogP contribution >= 0.6 is 0 Å². The van der Waals surface area contributed by atoms with Crippen molar-refractivity contribution in [2.75, 3.05) is 13.7 Å². The summed E-state index contributed by atoms with van der Waals surface area (Å²) in [7, 11) is -2.20. The molecule has 9 heteroatoms. The van der Waals surface area contributed by atoms with E-state index < -0.39 is 16.1 Å². The van der Waals surface area contributed by atoms with Gasteiger partial charge in [0.2, 0.25) is 10.0 Å². The first kappa shape index (κ1) is 26.8. The molecular formula is C26H36N4O4S. The van der Waals surface area contributed by atoms with Crippen LogP contribution in [0.25, 0.3) is 11.0 Å². The molecule has 2 aromatic heterocycles. The number of hydrogen-bond donors (Lipinski definition) is 1. The molecule has 0 aliphatic heterocycles. The molecular weight excluding hydrogens is 464 g/mol. The van der Waals surface area contributed by atoms with E-state index >= 15 is 0 Å². The van der Waals surface area contributed by atoms with Crippen molar-refractivity contribution in [1.82, 2.24) is 19.3 Å². The smallest absolute Gasteiger partial charge is 0.305 e. The molecule has 3 rings (SSSR count). The van der Waals surface area contributed by atoms with Crippen LogP contribution in [0.3, 0.4) is 0 Å². The highest BCUT2D eigenvalue weighted by Crippen LogP contribution is 2.23. The van der Waals surface area contributed by atoms with E-state index in [4.69, 9.17) is 4.74 Å². The van der Waals surface area contributed by atoms with Gasteiger partial charge in [-0.05, 0) is 49.4 Å². The van der Waals surface area contributed by atoms with Crippen molar-refractivity contribution in [1.29, 1.82) is 0 Å². The second kappa shape index (κ2) is 11.8. The summed E-state index contributed by atoms with van der Waals surface area (Å²) in [6.07, 6.45) is 4.89. The number of imidazole rings is 1. The van der Waals surface area contributed by atoms with Crippen molar-refractivity contribution in [2.45, 2.75) is 70.7 Å². The van der Waals surface area contributed by atoms with Gasteiger partial charge in [-0.15, -0.1) is 0 Å². The Labute approximate surface area is 208 Å². The summed E-state index contributed by atoms with van der Waals surface area (Å²) in [6.45, 7) is 8.01. The topological polar surface area (TPSA) is 105 Å². The molecule has 1 aromatic carbocycles. The summed E-state index contributed by atoms with van der Waals surface area (Å²) < 4.78 is 33.5. The molecule has 0 aliphatic carbocycles. The summed E-state index contributed by atoms with van der Waals surface area (Å²) in [6, 6.07) is 8.31. The predicted molar refractivity (Wildman–Crippen MR) is 137 cm³/mol. The summed E-state index contributed by atoms with van der Waals surface area (Å²) in [5.74, 6) is 0.785. The van der Waals surface area contributed by atoms with E-state index in [2.05, 4.69) is 15.0 Å². The molecule has 2 heterocycles. The number of aromatic amines is 1. The maximum Gasteiger partial charge on any atom is 0.305 e. The summed E-state index contributed by atoms with van der Waals surface area (Å²) >= 11 is 0. The molecule has 0 fully saturated rings. The molecule has 1 atom stereocenters. The number of H-pyrrole nitrogens is 1. The lowest BCUT2D eigenvalue weighted by molar-refractivity contribution is -0.145. The van der Waals surface area contributed by atoms with Gasteiger partial charge in [0, 0.05) is 26.1 Å². The number of carbonyl (C=O) groups is 1. The lowest BCUT2D eigenvalue weighted by Crippen LogP contribution is -2.41. The molecule has 0 spiro atoms. The highest BCUT2D eigenvalue weighted by atomic mass is 32.2. The predicted octanol–water partition coefficient (Wildman–Crippen LogP) is 4.63. The first-order chi connectivity index (χ1) is 16.6. The molecule has 0 unspecified atom stereocenters. The number of unbranched alkanes of at least 4 members (excludes halogenated alkanes) is 1. The minimum atomic E-state index is -3.76. The first-order valence-corrected chi connectivity index (χ1v) is 13.6. The second-order valence-corrected chi connectivity index (χ2v) is 11.4. The third-order valence-electron chi connectivity index (χ3n) is 6.00. The van der Waals surface area contributed by atoms with E-state index in [0.717, 1.165) is 41.0 Å². The van der Waals surface area contributed by atoms with E-state index in [9.17, 15) is 13.2 Å². The fraction of sp³-hybridized carbons (Fsp3) is 0.500. The van der Waals surface area contributed by atoms with E-state index in [-0.39, 0.29) is 23.4 Å². The average molecular weight is 501 g/mol. The Balaban J connectivity index is 1.74. The van der Waals surface area contributed by atoms with Crippen LogP contribution in [0.4, 0.5) is 0 Å². The van der Waals surface area contributed by atoms with Crippen LogP contribution in [0.5, 0.6) is 0 Å². The summed E-state index contributed by atoms with van der Waals surface area (Å²) in [5.41, 5.74) is 3.53. The van der Waals surface area contributed by atoms with E-state index in [1.807, 2.05) is 45.9 Å². The van der Waals surface area contributed by atoms with Gasteiger partial charge in [-0.1, -0.05) is 39.3 Å². The number of pyridine rings is 1. The van der Waals surface area contributed by atoms with Gasteiger partial charge >= 0.3 is 5.97 Å². The maximum atomic E-state index is 13.4. The van der Waals surface area contributed by atoms with Crippen LogP contribution in [0.1, 0.15) is 63.5 Å². The Kier molecular flexibility index (Phi) is 9.02. The Bertz CT molecular complexity index is 1240. The molecule has 190 valence electrons. The zero-order chi connectivity index (χ0) is 25.6. The molecule has 0 amide bonds. The summed E-state index contributed by atoms with van der Waals surface area (Å²) in [4.78, 5) is 24.4. The van der Waals surface area contributed by atoms with E-state index in [0.29, 0.717) is 19.3 Å². The zero-order valence-corrected chi connectivity index (χ0v) is 22.1. The Morgan fingerprint density at radius 1 is 1.17 bits per heavy atom. The Morgan fingerprint density at radius 3 is 2.54 bits per heavy atom. The number of sulfonamides is 1. The van der Waals surface area contributed by atoms with Crippen molar-refractivity contribution in [3.8, 4) is 0 Å². The number of likely N-dealkylation sites (N-methyl/N-ethyl adjacent to an activating group) is 1. The van der Waals surface area contributed by atoms with Gasteiger partial charge in [-0.2, -0.15) is 4.31 Å². The average Bonchev–Trinajstić information content (AvgIpc) is 3.21. The maximum absolute atomic E-state index is 13.4. The molecule has 0 radical (unpaired) electrons. The number of fused-ring (bicyclic) bond motifs is 1. The van der Waals surface area contributed by atoms with Crippen LogP contribution in [-0.2, 0) is 26.0 Å². The lowest BCUT2D eigenvalue weighted by atomic mass is 10.0.